The third-order valence-electron chi connectivity index (χ3n) is 5.10. The highest BCUT2D eigenvalue weighted by Gasteiger charge is 2.48. The van der Waals surface area contributed by atoms with Gasteiger partial charge in [-0.2, -0.15) is 0 Å². The lowest BCUT2D eigenvalue weighted by Crippen LogP contribution is -2.36. The number of rotatable bonds is 2. The Kier molecular flexibility index (Phi) is 3.08. The molecule has 1 aromatic heterocycles. The first-order valence-corrected chi connectivity index (χ1v) is 9.29. The number of Topliss-reactive ketones (excluding diaryl/α,β-unsaturated/α-hetero) is 1. The first-order valence-electron chi connectivity index (χ1n) is 7.68. The van der Waals surface area contributed by atoms with Gasteiger partial charge in [0.1, 0.15) is 0 Å². The number of fused-ring (bicyclic) bond motifs is 3. The Morgan fingerprint density at radius 3 is 2.45 bits per heavy atom. The van der Waals surface area contributed by atoms with Gasteiger partial charge in [-0.3, -0.25) is 9.78 Å². The minimum absolute atomic E-state index is 0.0519. The molecule has 2 aromatic rings. The number of para-hydroxylation sites is 1. The van der Waals surface area contributed by atoms with E-state index in [1.165, 1.54) is 0 Å². The van der Waals surface area contributed by atoms with E-state index in [9.17, 15) is 13.2 Å². The van der Waals surface area contributed by atoms with Crippen LogP contribution in [0.5, 0.6) is 0 Å². The molecule has 2 atom stereocenters. The summed E-state index contributed by atoms with van der Waals surface area (Å²) in [6, 6.07) is 9.40. The maximum absolute atomic E-state index is 12.9. The fourth-order valence-electron chi connectivity index (χ4n) is 3.94. The molecular formula is C17H17NO3S. The number of nitrogens with zero attached hydrogens (tertiary/aromatic N) is 1. The molecule has 0 spiro atoms. The minimum Gasteiger partial charge on any atom is -0.294 e. The molecule has 0 amide bonds. The highest BCUT2D eigenvalue weighted by Crippen LogP contribution is 2.42. The van der Waals surface area contributed by atoms with Crippen molar-refractivity contribution >= 4 is 26.5 Å². The molecule has 22 heavy (non-hydrogen) atoms. The number of hydrogen-bond acceptors (Lipinski definition) is 4. The fourth-order valence-corrected chi connectivity index (χ4v) is 6.42. The van der Waals surface area contributed by atoms with E-state index in [-0.39, 0.29) is 22.2 Å². The van der Waals surface area contributed by atoms with Crippen LogP contribution in [0.15, 0.2) is 36.5 Å². The lowest BCUT2D eigenvalue weighted by molar-refractivity contribution is 0.0907. The van der Waals surface area contributed by atoms with Crippen molar-refractivity contribution in [1.82, 2.24) is 4.98 Å². The normalized spacial score (nSPS) is 29.5. The molecule has 2 aliphatic heterocycles. The van der Waals surface area contributed by atoms with Crippen LogP contribution in [0, 0.1) is 5.92 Å². The van der Waals surface area contributed by atoms with Gasteiger partial charge in [-0.25, -0.2) is 8.42 Å². The lowest BCUT2D eigenvalue weighted by Gasteiger charge is -2.27. The van der Waals surface area contributed by atoms with Gasteiger partial charge in [0.2, 0.25) is 0 Å². The van der Waals surface area contributed by atoms with E-state index in [0.29, 0.717) is 31.2 Å². The standard InChI is InChI=1S/C17H17NO3S/c19-17(12-9-13-6-7-14(10-12)22(13,20)21)15-5-1-3-11-4-2-8-18-16(11)15/h1-5,8,12-14H,6-7,9-10H2. The molecule has 2 fully saturated rings. The number of aromatic nitrogens is 1. The molecule has 5 heteroatoms. The summed E-state index contributed by atoms with van der Waals surface area (Å²) in [5.74, 6) is -0.135. The maximum Gasteiger partial charge on any atom is 0.168 e. The van der Waals surface area contributed by atoms with Gasteiger partial charge in [0.05, 0.1) is 16.0 Å². The summed E-state index contributed by atoms with van der Waals surface area (Å²) in [4.78, 5) is 17.2. The van der Waals surface area contributed by atoms with Crippen LogP contribution >= 0.6 is 0 Å². The van der Waals surface area contributed by atoms with Crippen LogP contribution in [0.25, 0.3) is 10.9 Å². The summed E-state index contributed by atoms with van der Waals surface area (Å²) in [6.07, 6.45) is 4.06. The molecule has 114 valence electrons. The number of sulfone groups is 1. The van der Waals surface area contributed by atoms with Gasteiger partial charge in [-0.15, -0.1) is 0 Å². The first-order chi connectivity index (χ1) is 10.6. The number of pyridine rings is 1. The fraction of sp³-hybridized carbons (Fsp3) is 0.412. The lowest BCUT2D eigenvalue weighted by atomic mass is 9.89. The van der Waals surface area contributed by atoms with E-state index in [4.69, 9.17) is 0 Å². The van der Waals surface area contributed by atoms with Crippen LogP contribution in [0.2, 0.25) is 0 Å². The van der Waals surface area contributed by atoms with E-state index in [0.717, 1.165) is 10.9 Å². The van der Waals surface area contributed by atoms with E-state index in [2.05, 4.69) is 4.98 Å². The van der Waals surface area contributed by atoms with Gasteiger partial charge in [-0.1, -0.05) is 18.2 Å². The quantitative estimate of drug-likeness (QED) is 0.799. The largest absolute Gasteiger partial charge is 0.294 e. The molecule has 4 nitrogen and oxygen atoms in total. The zero-order valence-corrected chi connectivity index (χ0v) is 12.9. The van der Waals surface area contributed by atoms with Crippen molar-refractivity contribution in [2.24, 2.45) is 5.92 Å². The molecule has 2 aliphatic rings. The van der Waals surface area contributed by atoms with Crippen molar-refractivity contribution in [3.05, 3.63) is 42.1 Å². The van der Waals surface area contributed by atoms with Crippen molar-refractivity contribution in [1.29, 1.82) is 0 Å². The van der Waals surface area contributed by atoms with Gasteiger partial charge in [-0.05, 0) is 37.8 Å². The molecule has 1 aromatic carbocycles. The smallest absolute Gasteiger partial charge is 0.168 e. The molecule has 0 radical (unpaired) electrons. The zero-order chi connectivity index (χ0) is 15.3. The van der Waals surface area contributed by atoms with Crippen LogP contribution in [-0.2, 0) is 9.84 Å². The van der Waals surface area contributed by atoms with E-state index in [1.54, 1.807) is 6.20 Å². The Balaban J connectivity index is 1.71. The maximum atomic E-state index is 12.9. The molecular weight excluding hydrogens is 298 g/mol. The van der Waals surface area contributed by atoms with Crippen molar-refractivity contribution in [3.8, 4) is 0 Å². The summed E-state index contributed by atoms with van der Waals surface area (Å²) in [5, 5.41) is 0.311. The Hall–Kier alpha value is -1.75. The molecule has 0 N–H and O–H groups in total. The average Bonchev–Trinajstić information content (AvgIpc) is 2.71. The first kappa shape index (κ1) is 13.9. The molecule has 0 aliphatic carbocycles. The number of carbonyl (C=O) groups excluding carboxylic acids is 1. The van der Waals surface area contributed by atoms with Crippen molar-refractivity contribution in [2.75, 3.05) is 0 Å². The molecule has 3 heterocycles. The SMILES string of the molecule is O=C(c1cccc2cccnc12)C1CC2CCC(C1)S2(=O)=O. The third kappa shape index (κ3) is 1.99. The second-order valence-corrected chi connectivity index (χ2v) is 8.84. The summed E-state index contributed by atoms with van der Waals surface area (Å²) in [7, 11) is -2.99. The number of hydrogen-bond donors (Lipinski definition) is 0. The van der Waals surface area contributed by atoms with Crippen molar-refractivity contribution in [2.45, 2.75) is 36.2 Å². The highest BCUT2D eigenvalue weighted by atomic mass is 32.2. The Labute approximate surface area is 129 Å². The van der Waals surface area contributed by atoms with Crippen LogP contribution in [-0.4, -0.2) is 29.7 Å². The van der Waals surface area contributed by atoms with E-state index >= 15 is 0 Å². The highest BCUT2D eigenvalue weighted by molar-refractivity contribution is 7.93. The summed E-state index contributed by atoms with van der Waals surface area (Å²) in [5.41, 5.74) is 1.34. The molecule has 2 bridgehead atoms. The third-order valence-corrected chi connectivity index (χ3v) is 7.82. The molecule has 0 saturated carbocycles. The topological polar surface area (TPSA) is 64.1 Å². The zero-order valence-electron chi connectivity index (χ0n) is 12.1. The second-order valence-electron chi connectivity index (χ2n) is 6.32. The van der Waals surface area contributed by atoms with Crippen LogP contribution in [0.3, 0.4) is 0 Å². The number of ketones is 1. The summed E-state index contributed by atoms with van der Waals surface area (Å²) in [6.45, 7) is 0. The van der Waals surface area contributed by atoms with Gasteiger partial charge < -0.3 is 0 Å². The van der Waals surface area contributed by atoms with Crippen LogP contribution in [0.4, 0.5) is 0 Å². The number of benzene rings is 1. The molecule has 2 unspecified atom stereocenters. The van der Waals surface area contributed by atoms with Crippen molar-refractivity contribution < 1.29 is 13.2 Å². The number of carbonyl (C=O) groups is 1. The average molecular weight is 315 g/mol. The van der Waals surface area contributed by atoms with Crippen LogP contribution in [0.1, 0.15) is 36.0 Å². The van der Waals surface area contributed by atoms with E-state index < -0.39 is 9.84 Å². The van der Waals surface area contributed by atoms with Gasteiger partial charge in [0, 0.05) is 23.1 Å². The minimum atomic E-state index is -2.99. The summed E-state index contributed by atoms with van der Waals surface area (Å²) < 4.78 is 24.3. The van der Waals surface area contributed by atoms with E-state index in [1.807, 2.05) is 30.3 Å². The Bertz CT molecular complexity index is 834. The monoisotopic (exact) mass is 315 g/mol. The molecule has 2 saturated heterocycles. The van der Waals surface area contributed by atoms with Gasteiger partial charge in [0.15, 0.2) is 15.6 Å². The van der Waals surface area contributed by atoms with Gasteiger partial charge in [0.25, 0.3) is 0 Å². The predicted molar refractivity (Wildman–Crippen MR) is 84.5 cm³/mol. The summed E-state index contributed by atoms with van der Waals surface area (Å²) >= 11 is 0. The molecule has 4 rings (SSSR count). The second kappa shape index (κ2) is 4.88. The van der Waals surface area contributed by atoms with Gasteiger partial charge >= 0.3 is 0 Å². The van der Waals surface area contributed by atoms with Crippen LogP contribution < -0.4 is 0 Å². The predicted octanol–water partition coefficient (Wildman–Crippen LogP) is 2.77. The Morgan fingerprint density at radius 2 is 1.73 bits per heavy atom. The van der Waals surface area contributed by atoms with Crippen molar-refractivity contribution in [3.63, 3.8) is 0 Å². The Morgan fingerprint density at radius 1 is 1.05 bits per heavy atom.